The van der Waals surface area contributed by atoms with Gasteiger partial charge in [0.2, 0.25) is 5.91 Å². The summed E-state index contributed by atoms with van der Waals surface area (Å²) in [5.74, 6) is 0.648. The Kier molecular flexibility index (Phi) is 4.92. The number of amides is 1. The van der Waals surface area contributed by atoms with E-state index in [1.165, 1.54) is 6.42 Å². The molecule has 128 valence electrons. The molecule has 2 aliphatic rings. The van der Waals surface area contributed by atoms with E-state index in [4.69, 9.17) is 0 Å². The van der Waals surface area contributed by atoms with Crippen LogP contribution in [0.25, 0.3) is 5.69 Å². The first kappa shape index (κ1) is 17.0. The van der Waals surface area contributed by atoms with E-state index in [9.17, 15) is 4.79 Å². The number of carbonyl (C=O) groups excluding carboxylic acids is 1. The molecule has 5 nitrogen and oxygen atoms in total. The molecular formula is C18H23ClN4O. The molecule has 24 heavy (non-hydrogen) atoms. The van der Waals surface area contributed by atoms with Gasteiger partial charge in [-0.15, -0.1) is 12.4 Å². The summed E-state index contributed by atoms with van der Waals surface area (Å²) in [5.41, 5.74) is 1.57. The molecule has 2 heterocycles. The van der Waals surface area contributed by atoms with Crippen LogP contribution < -0.4 is 10.6 Å². The number of anilines is 1. The van der Waals surface area contributed by atoms with Gasteiger partial charge in [0.05, 0.1) is 11.1 Å². The van der Waals surface area contributed by atoms with Crippen molar-refractivity contribution >= 4 is 24.0 Å². The van der Waals surface area contributed by atoms with Gasteiger partial charge >= 0.3 is 0 Å². The summed E-state index contributed by atoms with van der Waals surface area (Å²) in [4.78, 5) is 13.0. The Hall–Kier alpha value is -1.85. The summed E-state index contributed by atoms with van der Waals surface area (Å²) in [6.07, 6.45) is 8.21. The highest BCUT2D eigenvalue weighted by Gasteiger charge is 2.49. The minimum Gasteiger partial charge on any atom is -0.325 e. The summed E-state index contributed by atoms with van der Waals surface area (Å²) in [6, 6.07) is 9.75. The predicted molar refractivity (Wildman–Crippen MR) is 96.7 cm³/mol. The first-order chi connectivity index (χ1) is 11.3. The number of rotatable bonds is 3. The molecule has 1 aliphatic carbocycles. The Bertz CT molecular complexity index is 703. The van der Waals surface area contributed by atoms with Crippen LogP contribution in [0.4, 0.5) is 5.69 Å². The predicted octanol–water partition coefficient (Wildman–Crippen LogP) is 3.01. The Labute approximate surface area is 148 Å². The first-order valence-corrected chi connectivity index (χ1v) is 8.40. The lowest BCUT2D eigenvalue weighted by Gasteiger charge is -2.37. The van der Waals surface area contributed by atoms with Crippen molar-refractivity contribution in [3.8, 4) is 5.69 Å². The maximum Gasteiger partial charge on any atom is 0.232 e. The fraction of sp³-hybridized carbons (Fsp3) is 0.444. The molecular weight excluding hydrogens is 324 g/mol. The summed E-state index contributed by atoms with van der Waals surface area (Å²) < 4.78 is 1.80. The zero-order valence-corrected chi connectivity index (χ0v) is 14.4. The van der Waals surface area contributed by atoms with Crippen LogP contribution in [0, 0.1) is 11.3 Å². The molecule has 1 saturated carbocycles. The zero-order chi connectivity index (χ0) is 15.7. The van der Waals surface area contributed by atoms with Crippen molar-refractivity contribution in [1.82, 2.24) is 15.1 Å². The van der Waals surface area contributed by atoms with Gasteiger partial charge in [0.1, 0.15) is 0 Å². The molecule has 1 saturated heterocycles. The number of nitrogens with one attached hydrogen (secondary N) is 2. The van der Waals surface area contributed by atoms with E-state index in [1.54, 1.807) is 10.9 Å². The summed E-state index contributed by atoms with van der Waals surface area (Å²) in [6.45, 7) is 1.78. The highest BCUT2D eigenvalue weighted by atomic mass is 35.5. The van der Waals surface area contributed by atoms with Crippen molar-refractivity contribution in [3.05, 3.63) is 42.7 Å². The molecule has 1 aromatic heterocycles. The van der Waals surface area contributed by atoms with E-state index in [0.29, 0.717) is 5.92 Å². The standard InChI is InChI=1S/C18H22N4O.ClH/c23-17(18-8-2-1-5-14(18)12-19-13-18)21-15-6-3-7-16(11-15)22-10-4-9-20-22;/h3-4,6-7,9-11,14,19H,1-2,5,8,12-13H2,(H,21,23);1H/t14-,18+;/m0./s1. The molecule has 0 unspecified atom stereocenters. The van der Waals surface area contributed by atoms with Crippen molar-refractivity contribution < 1.29 is 4.79 Å². The van der Waals surface area contributed by atoms with E-state index >= 15 is 0 Å². The number of nitrogens with zero attached hydrogens (tertiary/aromatic N) is 2. The number of halogens is 1. The fourth-order valence-corrected chi connectivity index (χ4v) is 4.09. The van der Waals surface area contributed by atoms with E-state index in [1.807, 2.05) is 36.5 Å². The summed E-state index contributed by atoms with van der Waals surface area (Å²) >= 11 is 0. The topological polar surface area (TPSA) is 59.0 Å². The molecule has 2 N–H and O–H groups in total. The van der Waals surface area contributed by atoms with Crippen LogP contribution in [-0.2, 0) is 4.79 Å². The zero-order valence-electron chi connectivity index (χ0n) is 13.6. The highest BCUT2D eigenvalue weighted by Crippen LogP contribution is 2.44. The lowest BCUT2D eigenvalue weighted by molar-refractivity contribution is -0.128. The molecule has 1 aliphatic heterocycles. The maximum atomic E-state index is 13.0. The number of benzene rings is 1. The van der Waals surface area contributed by atoms with Gasteiger partial charge in [-0.25, -0.2) is 4.68 Å². The Morgan fingerprint density at radius 2 is 2.25 bits per heavy atom. The normalized spacial score (nSPS) is 25.6. The third-order valence-corrected chi connectivity index (χ3v) is 5.36. The first-order valence-electron chi connectivity index (χ1n) is 8.40. The second-order valence-corrected chi connectivity index (χ2v) is 6.68. The minimum absolute atomic E-state index is 0. The van der Waals surface area contributed by atoms with Crippen LogP contribution in [0.5, 0.6) is 0 Å². The van der Waals surface area contributed by atoms with Gasteiger partial charge in [0.15, 0.2) is 0 Å². The molecule has 0 bridgehead atoms. The van der Waals surface area contributed by atoms with E-state index in [0.717, 1.165) is 43.7 Å². The molecule has 2 atom stereocenters. The maximum absolute atomic E-state index is 13.0. The average molecular weight is 347 g/mol. The third-order valence-electron chi connectivity index (χ3n) is 5.36. The van der Waals surface area contributed by atoms with Crippen molar-refractivity contribution in [2.75, 3.05) is 18.4 Å². The van der Waals surface area contributed by atoms with Crippen LogP contribution in [0.15, 0.2) is 42.7 Å². The lowest BCUT2D eigenvalue weighted by Crippen LogP contribution is -2.44. The van der Waals surface area contributed by atoms with E-state index in [2.05, 4.69) is 15.7 Å². The Morgan fingerprint density at radius 1 is 1.33 bits per heavy atom. The molecule has 6 heteroatoms. The monoisotopic (exact) mass is 346 g/mol. The van der Waals surface area contributed by atoms with Crippen LogP contribution in [0.1, 0.15) is 25.7 Å². The molecule has 1 amide bonds. The number of hydrogen-bond acceptors (Lipinski definition) is 3. The van der Waals surface area contributed by atoms with Crippen molar-refractivity contribution in [2.45, 2.75) is 25.7 Å². The Morgan fingerprint density at radius 3 is 3.08 bits per heavy atom. The van der Waals surface area contributed by atoms with Crippen LogP contribution in [0.3, 0.4) is 0 Å². The fourth-order valence-electron chi connectivity index (χ4n) is 4.09. The second-order valence-electron chi connectivity index (χ2n) is 6.68. The Balaban J connectivity index is 0.00000169. The van der Waals surface area contributed by atoms with Gasteiger partial charge < -0.3 is 10.6 Å². The van der Waals surface area contributed by atoms with Gasteiger partial charge in [-0.05, 0) is 49.6 Å². The second kappa shape index (κ2) is 6.95. The molecule has 4 rings (SSSR count). The number of aromatic nitrogens is 2. The van der Waals surface area contributed by atoms with Crippen LogP contribution >= 0.6 is 12.4 Å². The molecule has 0 radical (unpaired) electrons. The lowest BCUT2D eigenvalue weighted by atomic mass is 9.67. The van der Waals surface area contributed by atoms with E-state index < -0.39 is 0 Å². The average Bonchev–Trinajstić information content (AvgIpc) is 3.25. The summed E-state index contributed by atoms with van der Waals surface area (Å²) in [5, 5.41) is 10.8. The number of hydrogen-bond donors (Lipinski definition) is 2. The van der Waals surface area contributed by atoms with Gasteiger partial charge in [-0.1, -0.05) is 18.9 Å². The van der Waals surface area contributed by atoms with Gasteiger partial charge in [-0.3, -0.25) is 4.79 Å². The quantitative estimate of drug-likeness (QED) is 0.898. The third kappa shape index (κ3) is 2.94. The smallest absolute Gasteiger partial charge is 0.232 e. The number of carbonyl (C=O) groups is 1. The summed E-state index contributed by atoms with van der Waals surface area (Å²) in [7, 11) is 0. The van der Waals surface area contributed by atoms with Crippen molar-refractivity contribution in [2.24, 2.45) is 11.3 Å². The molecule has 0 spiro atoms. The van der Waals surface area contributed by atoms with Crippen LogP contribution in [-0.4, -0.2) is 28.8 Å². The van der Waals surface area contributed by atoms with Gasteiger partial charge in [0, 0.05) is 24.6 Å². The molecule has 2 fully saturated rings. The van der Waals surface area contributed by atoms with Crippen molar-refractivity contribution in [3.63, 3.8) is 0 Å². The SMILES string of the molecule is Cl.O=C(Nc1cccc(-n2cccn2)c1)[C@@]12CCCC[C@H]1CNC2. The minimum atomic E-state index is -0.222. The van der Waals surface area contributed by atoms with Gasteiger partial charge in [-0.2, -0.15) is 5.10 Å². The largest absolute Gasteiger partial charge is 0.325 e. The van der Waals surface area contributed by atoms with Crippen molar-refractivity contribution in [1.29, 1.82) is 0 Å². The van der Waals surface area contributed by atoms with Crippen LogP contribution in [0.2, 0.25) is 0 Å². The molecule has 1 aromatic carbocycles. The van der Waals surface area contributed by atoms with Gasteiger partial charge in [0.25, 0.3) is 0 Å². The molecule has 2 aromatic rings. The van der Waals surface area contributed by atoms with E-state index in [-0.39, 0.29) is 23.7 Å². The number of fused-ring (bicyclic) bond motifs is 1. The highest BCUT2D eigenvalue weighted by molar-refractivity contribution is 5.96.